The van der Waals surface area contributed by atoms with E-state index in [-0.39, 0.29) is 13.0 Å². The Bertz CT molecular complexity index is 1350. The number of alkyl halides is 2. The third-order valence-corrected chi connectivity index (χ3v) is 7.41. The summed E-state index contributed by atoms with van der Waals surface area (Å²) in [5.74, 6) is -9.72. The number of amides is 3. The maximum atomic E-state index is 14.9. The first kappa shape index (κ1) is 34.1. The summed E-state index contributed by atoms with van der Waals surface area (Å²) >= 11 is 11.9. The Labute approximate surface area is 258 Å². The number of rotatable bonds is 13. The Kier molecular flexibility index (Phi) is 12.6. The first-order valence-electron chi connectivity index (χ1n) is 13.7. The number of benzene rings is 2. The second-order valence-electron chi connectivity index (χ2n) is 10.3. The summed E-state index contributed by atoms with van der Waals surface area (Å²) in [5.41, 5.74) is 1.35. The van der Waals surface area contributed by atoms with Crippen LogP contribution in [0.5, 0.6) is 0 Å². The molecule has 0 bridgehead atoms. The van der Waals surface area contributed by atoms with Crippen LogP contribution >= 0.6 is 23.2 Å². The van der Waals surface area contributed by atoms with Crippen LogP contribution in [0.4, 0.5) is 14.5 Å². The Hall–Kier alpha value is -3.38. The first-order valence-corrected chi connectivity index (χ1v) is 14.5. The number of nitrogens with one attached hydrogen (secondary N) is 3. The van der Waals surface area contributed by atoms with Crippen LogP contribution in [0.25, 0.3) is 6.08 Å². The summed E-state index contributed by atoms with van der Waals surface area (Å²) in [6, 6.07) is 9.71. The van der Waals surface area contributed by atoms with Gasteiger partial charge in [0.15, 0.2) is 0 Å². The topological polar surface area (TPSA) is 117 Å². The number of morpholine rings is 1. The molecule has 0 spiro atoms. The molecular formula is C30H34Cl2F2N4O5. The lowest BCUT2D eigenvalue weighted by atomic mass is 9.95. The molecule has 0 aliphatic carbocycles. The molecular weight excluding hydrogens is 605 g/mol. The highest BCUT2D eigenvalue weighted by Gasteiger charge is 2.51. The maximum absolute atomic E-state index is 14.9. The Morgan fingerprint density at radius 1 is 1.05 bits per heavy atom. The van der Waals surface area contributed by atoms with Gasteiger partial charge in [-0.25, -0.2) is 0 Å². The molecule has 1 aliphatic rings. The molecule has 3 N–H and O–H groups in total. The number of Topliss-reactive ketones (excluding diaryl/α,β-unsaturated/α-hetero) is 1. The number of ketones is 1. The summed E-state index contributed by atoms with van der Waals surface area (Å²) in [6.45, 7) is 5.53. The SMILES string of the molecule is CC(C)[C@H](NC(=O)Cc1ccccc1NC(=O)/C=C/c1ccc(Cl)c(Cl)c1)C(=O)C(F)(F)C(=O)NCCN1CCOCC1. The predicted octanol–water partition coefficient (Wildman–Crippen LogP) is 3.98. The van der Waals surface area contributed by atoms with Crippen molar-refractivity contribution in [1.82, 2.24) is 15.5 Å². The Morgan fingerprint density at radius 2 is 1.74 bits per heavy atom. The van der Waals surface area contributed by atoms with Crippen molar-refractivity contribution in [3.8, 4) is 0 Å². The zero-order chi connectivity index (χ0) is 31.6. The molecule has 43 heavy (non-hydrogen) atoms. The molecule has 0 radical (unpaired) electrons. The summed E-state index contributed by atoms with van der Waals surface area (Å²) < 4.78 is 35.0. The lowest BCUT2D eigenvalue weighted by Crippen LogP contribution is -2.57. The van der Waals surface area contributed by atoms with Crippen molar-refractivity contribution in [2.45, 2.75) is 32.2 Å². The third-order valence-electron chi connectivity index (χ3n) is 6.67. The van der Waals surface area contributed by atoms with Gasteiger partial charge in [-0.15, -0.1) is 0 Å². The average Bonchev–Trinajstić information content (AvgIpc) is 2.97. The van der Waals surface area contributed by atoms with Crippen LogP contribution in [0.1, 0.15) is 25.0 Å². The standard InChI is InChI=1S/C30H34Cl2F2N4O5/c1-19(2)27(28(41)30(33,34)29(42)35-11-12-38-13-15-43-16-14-38)37-26(40)18-21-5-3-4-6-24(21)36-25(39)10-8-20-7-9-22(31)23(32)17-20/h3-10,17,19,27H,11-16,18H2,1-2H3,(H,35,42)(H,36,39)(H,37,40)/b10-8+/t27-/m0/s1. The van der Waals surface area contributed by atoms with Crippen LogP contribution in [0, 0.1) is 5.92 Å². The number of carbonyl (C=O) groups is 4. The van der Waals surface area contributed by atoms with E-state index in [1.807, 2.05) is 4.90 Å². The van der Waals surface area contributed by atoms with Crippen molar-refractivity contribution >= 4 is 58.5 Å². The minimum atomic E-state index is -4.35. The number of hydrogen-bond acceptors (Lipinski definition) is 6. The molecule has 9 nitrogen and oxygen atoms in total. The fraction of sp³-hybridized carbons (Fsp3) is 0.400. The van der Waals surface area contributed by atoms with Crippen molar-refractivity contribution in [2.75, 3.05) is 44.7 Å². The predicted molar refractivity (Wildman–Crippen MR) is 161 cm³/mol. The molecule has 1 aliphatic heterocycles. The van der Waals surface area contributed by atoms with Crippen LogP contribution in [0.3, 0.4) is 0 Å². The van der Waals surface area contributed by atoms with Crippen LogP contribution in [0.2, 0.25) is 10.0 Å². The summed E-state index contributed by atoms with van der Waals surface area (Å²) in [7, 11) is 0. The van der Waals surface area contributed by atoms with Crippen molar-refractivity contribution in [1.29, 1.82) is 0 Å². The van der Waals surface area contributed by atoms with Gasteiger partial charge in [-0.05, 0) is 41.3 Å². The number of carbonyl (C=O) groups excluding carboxylic acids is 4. The zero-order valence-corrected chi connectivity index (χ0v) is 25.3. The number of anilines is 1. The fourth-order valence-corrected chi connectivity index (χ4v) is 4.57. The van der Waals surface area contributed by atoms with Crippen LogP contribution < -0.4 is 16.0 Å². The van der Waals surface area contributed by atoms with Crippen molar-refractivity contribution in [3.63, 3.8) is 0 Å². The molecule has 1 saturated heterocycles. The molecule has 232 valence electrons. The minimum Gasteiger partial charge on any atom is -0.379 e. The van der Waals surface area contributed by atoms with Gasteiger partial charge >= 0.3 is 5.92 Å². The van der Waals surface area contributed by atoms with Crippen molar-refractivity contribution in [3.05, 3.63) is 69.7 Å². The number of para-hydroxylation sites is 1. The highest BCUT2D eigenvalue weighted by Crippen LogP contribution is 2.24. The van der Waals surface area contributed by atoms with Gasteiger partial charge in [-0.3, -0.25) is 24.1 Å². The largest absolute Gasteiger partial charge is 0.383 e. The molecule has 3 rings (SSSR count). The molecule has 2 aromatic carbocycles. The highest BCUT2D eigenvalue weighted by molar-refractivity contribution is 6.42. The van der Waals surface area contributed by atoms with Gasteiger partial charge in [-0.1, -0.05) is 61.3 Å². The van der Waals surface area contributed by atoms with Gasteiger partial charge in [0.25, 0.3) is 5.91 Å². The van der Waals surface area contributed by atoms with E-state index in [1.165, 1.54) is 26.0 Å². The number of ether oxygens (including phenoxy) is 1. The van der Waals surface area contributed by atoms with E-state index in [0.29, 0.717) is 59.7 Å². The molecule has 1 fully saturated rings. The normalized spacial score (nSPS) is 14.9. The molecule has 1 heterocycles. The first-order chi connectivity index (χ1) is 20.4. The van der Waals surface area contributed by atoms with Crippen molar-refractivity contribution in [2.24, 2.45) is 5.92 Å². The molecule has 0 aromatic heterocycles. The summed E-state index contributed by atoms with van der Waals surface area (Å²) in [6.07, 6.45) is 2.49. The second-order valence-corrected chi connectivity index (χ2v) is 11.1. The lowest BCUT2D eigenvalue weighted by Gasteiger charge is -2.27. The van der Waals surface area contributed by atoms with E-state index in [1.54, 1.807) is 42.5 Å². The van der Waals surface area contributed by atoms with E-state index in [2.05, 4.69) is 16.0 Å². The van der Waals surface area contributed by atoms with Gasteiger partial charge in [-0.2, -0.15) is 8.78 Å². The highest BCUT2D eigenvalue weighted by atomic mass is 35.5. The second kappa shape index (κ2) is 15.9. The molecule has 13 heteroatoms. The smallest absolute Gasteiger partial charge is 0.379 e. The van der Waals surface area contributed by atoms with Gasteiger partial charge < -0.3 is 20.7 Å². The minimum absolute atomic E-state index is 0.0639. The van der Waals surface area contributed by atoms with E-state index in [4.69, 9.17) is 27.9 Å². The van der Waals surface area contributed by atoms with Crippen LogP contribution in [0.15, 0.2) is 48.5 Å². The Morgan fingerprint density at radius 3 is 2.42 bits per heavy atom. The van der Waals surface area contributed by atoms with E-state index >= 15 is 0 Å². The van der Waals surface area contributed by atoms with Gasteiger partial charge in [0.1, 0.15) is 0 Å². The zero-order valence-electron chi connectivity index (χ0n) is 23.8. The van der Waals surface area contributed by atoms with Gasteiger partial charge in [0, 0.05) is 37.9 Å². The van der Waals surface area contributed by atoms with E-state index < -0.39 is 41.4 Å². The number of halogens is 4. The number of hydrogen-bond donors (Lipinski definition) is 3. The summed E-state index contributed by atoms with van der Waals surface area (Å²) in [5, 5.41) is 7.87. The maximum Gasteiger partial charge on any atom is 0.383 e. The molecule has 0 unspecified atom stereocenters. The lowest BCUT2D eigenvalue weighted by molar-refractivity contribution is -0.161. The quantitative estimate of drug-likeness (QED) is 0.226. The molecule has 3 amide bonds. The number of nitrogens with zero attached hydrogens (tertiary/aromatic N) is 1. The Balaban J connectivity index is 1.60. The summed E-state index contributed by atoms with van der Waals surface area (Å²) in [4.78, 5) is 52.5. The van der Waals surface area contributed by atoms with Crippen molar-refractivity contribution < 1.29 is 32.7 Å². The van der Waals surface area contributed by atoms with Gasteiger partial charge in [0.2, 0.25) is 17.6 Å². The van der Waals surface area contributed by atoms with Crippen LogP contribution in [-0.4, -0.2) is 79.8 Å². The molecule has 0 saturated carbocycles. The van der Waals surface area contributed by atoms with E-state index in [0.717, 1.165) is 0 Å². The van der Waals surface area contributed by atoms with Crippen LogP contribution in [-0.2, 0) is 30.3 Å². The van der Waals surface area contributed by atoms with E-state index in [9.17, 15) is 28.0 Å². The molecule has 2 aromatic rings. The fourth-order valence-electron chi connectivity index (χ4n) is 4.26. The average molecular weight is 640 g/mol. The van der Waals surface area contributed by atoms with Gasteiger partial charge in [0.05, 0.1) is 35.7 Å². The third kappa shape index (κ3) is 10.1. The monoisotopic (exact) mass is 638 g/mol. The molecule has 1 atom stereocenters.